The monoisotopic (exact) mass is 320 g/mol. The van der Waals surface area contributed by atoms with E-state index in [1.807, 2.05) is 0 Å². The maximum absolute atomic E-state index is 12.1. The Morgan fingerprint density at radius 3 is 2.70 bits per heavy atom. The summed E-state index contributed by atoms with van der Waals surface area (Å²) >= 11 is 0. The first-order valence-electron chi connectivity index (χ1n) is 8.39. The van der Waals surface area contributed by atoms with E-state index in [2.05, 4.69) is 4.90 Å². The molecule has 2 fully saturated rings. The number of nitrogens with zero attached hydrogens (tertiary/aromatic N) is 1. The maximum Gasteiger partial charge on any atom is 0.338 e. The highest BCUT2D eigenvalue weighted by Crippen LogP contribution is 2.31. The number of quaternary nitrogens is 1. The van der Waals surface area contributed by atoms with Crippen LogP contribution >= 0.6 is 0 Å². The van der Waals surface area contributed by atoms with Gasteiger partial charge in [0, 0.05) is 24.1 Å². The van der Waals surface area contributed by atoms with Gasteiger partial charge in [0.1, 0.15) is 0 Å². The summed E-state index contributed by atoms with van der Waals surface area (Å²) in [6.45, 7) is 2.80. The third-order valence-electron chi connectivity index (χ3n) is 5.02. The first-order valence-corrected chi connectivity index (χ1v) is 8.39. The van der Waals surface area contributed by atoms with E-state index in [9.17, 15) is 10.0 Å². The van der Waals surface area contributed by atoms with Crippen LogP contribution in [0.3, 0.4) is 0 Å². The van der Waals surface area contributed by atoms with Crippen molar-refractivity contribution >= 4 is 11.7 Å². The van der Waals surface area contributed by atoms with E-state index in [0.29, 0.717) is 24.1 Å². The molecule has 23 heavy (non-hydrogen) atoms. The van der Waals surface area contributed by atoms with Crippen LogP contribution in [0.15, 0.2) is 24.3 Å². The first-order chi connectivity index (χ1) is 11.1. The predicted molar refractivity (Wildman–Crippen MR) is 84.4 cm³/mol. The zero-order chi connectivity index (χ0) is 16.2. The van der Waals surface area contributed by atoms with Crippen LogP contribution in [0, 0.1) is 11.1 Å². The minimum Gasteiger partial charge on any atom is -0.595 e. The van der Waals surface area contributed by atoms with E-state index >= 15 is 0 Å². The molecule has 0 radical (unpaired) electrons. The summed E-state index contributed by atoms with van der Waals surface area (Å²) in [5.74, 6) is 0.0566. The lowest BCUT2D eigenvalue weighted by molar-refractivity contribution is -0.991. The Hall–Kier alpha value is -1.47. The number of hydrogen-bond acceptors (Lipinski definition) is 5. The molecular weight excluding hydrogens is 296 g/mol. The number of ether oxygens (including phenoxy) is 1. The molecule has 0 aromatic heterocycles. The first kappa shape index (κ1) is 16.4. The predicted octanol–water partition coefficient (Wildman–Crippen LogP) is 1.51. The van der Waals surface area contributed by atoms with Crippen LogP contribution < -0.4 is 5.23 Å². The van der Waals surface area contributed by atoms with Gasteiger partial charge in [0.05, 0.1) is 12.2 Å². The number of carbonyl (C=O) groups is 1. The quantitative estimate of drug-likeness (QED) is 0.649. The number of fused-ring (bicyclic) bond motifs is 1. The van der Waals surface area contributed by atoms with Crippen molar-refractivity contribution in [3.63, 3.8) is 0 Å². The molecular formula is C17H24N2O4. The molecule has 2 aliphatic rings. The van der Waals surface area contributed by atoms with Crippen molar-refractivity contribution in [1.29, 1.82) is 0 Å². The van der Waals surface area contributed by atoms with Crippen molar-refractivity contribution in [2.45, 2.75) is 38.1 Å². The lowest BCUT2D eigenvalue weighted by Gasteiger charge is -2.44. The lowest BCUT2D eigenvalue weighted by Crippen LogP contribution is -2.99. The highest BCUT2D eigenvalue weighted by molar-refractivity contribution is 5.89. The maximum atomic E-state index is 12.1. The number of nitrogens with one attached hydrogen (secondary N) is 1. The Labute approximate surface area is 136 Å². The van der Waals surface area contributed by atoms with Crippen LogP contribution in [-0.2, 0) is 4.74 Å². The fourth-order valence-electron chi connectivity index (χ4n) is 3.79. The second kappa shape index (κ2) is 7.40. The summed E-state index contributed by atoms with van der Waals surface area (Å²) in [4.78, 5) is 14.7. The van der Waals surface area contributed by atoms with E-state index in [-0.39, 0.29) is 11.7 Å². The van der Waals surface area contributed by atoms with Gasteiger partial charge in [0.2, 0.25) is 0 Å². The van der Waals surface area contributed by atoms with Gasteiger partial charge in [-0.3, -0.25) is 4.90 Å². The van der Waals surface area contributed by atoms with Gasteiger partial charge >= 0.3 is 5.97 Å². The number of rotatable bonds is 4. The standard InChI is InChI=1S/C17H24N2O4/c20-17(13-6-8-15(9-7-13)19(21)22)23-12-14-4-3-11-18-10-2-1-5-16(14)18/h6-9,14,16,19,21H,1-5,10-12H2/t14-,16-/m1/s1. The summed E-state index contributed by atoms with van der Waals surface area (Å²) in [6.07, 6.45) is 6.04. The Morgan fingerprint density at radius 2 is 1.96 bits per heavy atom. The fourth-order valence-corrected chi connectivity index (χ4v) is 3.79. The molecule has 0 saturated carbocycles. The van der Waals surface area contributed by atoms with Crippen molar-refractivity contribution in [2.75, 3.05) is 19.7 Å². The van der Waals surface area contributed by atoms with Gasteiger partial charge in [-0.2, -0.15) is 5.23 Å². The average Bonchev–Trinajstić information content (AvgIpc) is 2.59. The van der Waals surface area contributed by atoms with Crippen LogP contribution in [0.2, 0.25) is 0 Å². The summed E-state index contributed by atoms with van der Waals surface area (Å²) < 4.78 is 5.50. The largest absolute Gasteiger partial charge is 0.595 e. The third kappa shape index (κ3) is 3.90. The average molecular weight is 320 g/mol. The van der Waals surface area contributed by atoms with Gasteiger partial charge in [-0.15, -0.1) is 0 Å². The summed E-state index contributed by atoms with van der Waals surface area (Å²) in [5.41, 5.74) is 0.581. The Morgan fingerprint density at radius 1 is 1.22 bits per heavy atom. The number of piperidine rings is 2. The summed E-state index contributed by atoms with van der Waals surface area (Å²) in [6, 6.07) is 6.45. The molecule has 2 N–H and O–H groups in total. The van der Waals surface area contributed by atoms with Crippen molar-refractivity contribution in [1.82, 2.24) is 4.90 Å². The smallest absolute Gasteiger partial charge is 0.338 e. The molecule has 0 aliphatic carbocycles. The van der Waals surface area contributed by atoms with Crippen molar-refractivity contribution in [3.05, 3.63) is 35.0 Å². The van der Waals surface area contributed by atoms with E-state index in [0.717, 1.165) is 6.42 Å². The van der Waals surface area contributed by atoms with Crippen LogP contribution in [0.25, 0.3) is 0 Å². The second-order valence-corrected chi connectivity index (χ2v) is 6.48. The molecule has 0 amide bonds. The van der Waals surface area contributed by atoms with E-state index < -0.39 is 5.23 Å². The van der Waals surface area contributed by atoms with E-state index in [1.54, 1.807) is 0 Å². The molecule has 3 rings (SSSR count). The number of hydrogen-bond donors (Lipinski definition) is 2. The normalized spacial score (nSPS) is 26.3. The van der Waals surface area contributed by atoms with Gasteiger partial charge in [-0.25, -0.2) is 10.0 Å². The Kier molecular flexibility index (Phi) is 5.27. The minimum absolute atomic E-state index is 0.173. The molecule has 1 aromatic carbocycles. The molecule has 2 saturated heterocycles. The van der Waals surface area contributed by atoms with Crippen LogP contribution in [0.5, 0.6) is 0 Å². The fraction of sp³-hybridized carbons (Fsp3) is 0.588. The lowest BCUT2D eigenvalue weighted by atomic mass is 9.84. The van der Waals surface area contributed by atoms with E-state index in [4.69, 9.17) is 9.94 Å². The molecule has 2 heterocycles. The van der Waals surface area contributed by atoms with Crippen molar-refractivity contribution in [2.24, 2.45) is 5.92 Å². The highest BCUT2D eigenvalue weighted by atomic mass is 16.8. The Bertz CT molecular complexity index is 530. The van der Waals surface area contributed by atoms with Gasteiger partial charge in [0.25, 0.3) is 0 Å². The molecule has 2 aliphatic heterocycles. The van der Waals surface area contributed by atoms with Crippen LogP contribution in [0.4, 0.5) is 5.69 Å². The number of benzene rings is 1. The van der Waals surface area contributed by atoms with E-state index in [1.165, 1.54) is 63.0 Å². The molecule has 126 valence electrons. The summed E-state index contributed by atoms with van der Waals surface area (Å²) in [7, 11) is 0. The third-order valence-corrected chi connectivity index (χ3v) is 5.02. The SMILES string of the molecule is O=C(OC[C@H]1CCCN2CCCC[C@H]12)c1ccc([NH+]([O-])O)cc1. The van der Waals surface area contributed by atoms with Crippen molar-refractivity contribution in [3.8, 4) is 0 Å². The van der Waals surface area contributed by atoms with Crippen LogP contribution in [0.1, 0.15) is 42.5 Å². The zero-order valence-electron chi connectivity index (χ0n) is 13.2. The Balaban J connectivity index is 1.55. The van der Waals surface area contributed by atoms with Gasteiger partial charge in [0.15, 0.2) is 5.69 Å². The highest BCUT2D eigenvalue weighted by Gasteiger charge is 2.33. The zero-order valence-corrected chi connectivity index (χ0v) is 13.2. The molecule has 6 nitrogen and oxygen atoms in total. The minimum atomic E-state index is -0.996. The molecule has 1 unspecified atom stereocenters. The molecule has 3 atom stereocenters. The van der Waals surface area contributed by atoms with Crippen LogP contribution in [-0.4, -0.2) is 41.8 Å². The van der Waals surface area contributed by atoms with Gasteiger partial charge in [-0.05, 0) is 50.9 Å². The second-order valence-electron chi connectivity index (χ2n) is 6.48. The van der Waals surface area contributed by atoms with Crippen molar-refractivity contribution < 1.29 is 20.0 Å². The number of esters is 1. The number of carbonyl (C=O) groups excluding carboxylic acids is 1. The molecule has 0 bridgehead atoms. The van der Waals surface area contributed by atoms with Gasteiger partial charge in [-0.1, -0.05) is 6.42 Å². The molecule has 6 heteroatoms. The molecule has 1 aromatic rings. The van der Waals surface area contributed by atoms with Gasteiger partial charge < -0.3 is 9.94 Å². The molecule has 0 spiro atoms. The topological polar surface area (TPSA) is 77.3 Å². The summed E-state index contributed by atoms with van der Waals surface area (Å²) in [5, 5.41) is 18.7.